The van der Waals surface area contributed by atoms with Crippen molar-refractivity contribution < 1.29 is 8.42 Å². The molecule has 96 valence electrons. The Bertz CT molecular complexity index is 638. The van der Waals surface area contributed by atoms with Crippen LogP contribution in [0.5, 0.6) is 0 Å². The van der Waals surface area contributed by atoms with E-state index in [1.54, 1.807) is 30.6 Å². The van der Waals surface area contributed by atoms with Crippen molar-refractivity contribution in [1.29, 1.82) is 0 Å². The normalized spacial score (nSPS) is 11.8. The molecule has 0 atom stereocenters. The Hall–Kier alpha value is -0.980. The van der Waals surface area contributed by atoms with Gasteiger partial charge >= 0.3 is 0 Å². The molecule has 0 unspecified atom stereocenters. The summed E-state index contributed by atoms with van der Waals surface area (Å²) < 4.78 is 26.9. The van der Waals surface area contributed by atoms with Crippen LogP contribution in [0.2, 0.25) is 0 Å². The van der Waals surface area contributed by atoms with Crippen molar-refractivity contribution in [2.24, 2.45) is 0 Å². The predicted octanol–water partition coefficient (Wildman–Crippen LogP) is 2.30. The van der Waals surface area contributed by atoms with Gasteiger partial charge in [-0.1, -0.05) is 28.1 Å². The Morgan fingerprint density at radius 1 is 1.28 bits per heavy atom. The minimum atomic E-state index is -3.46. The number of aromatic nitrogens is 1. The Kier molecular flexibility index (Phi) is 4.31. The maximum Gasteiger partial charge on any atom is 0.241 e. The summed E-state index contributed by atoms with van der Waals surface area (Å²) in [6.45, 7) is 0.426. The number of nitrogens with one attached hydrogen (secondary N) is 1. The smallest absolute Gasteiger partial charge is 0.241 e. The summed E-state index contributed by atoms with van der Waals surface area (Å²) in [5.41, 5.74) is 0. The number of alkyl halides is 1. The van der Waals surface area contributed by atoms with Crippen LogP contribution in [0.1, 0.15) is 6.42 Å². The number of fused-ring (bicyclic) bond motifs is 1. The standard InChI is InChI=1S/C12H13BrN2O2S/c13-6-2-7-15-18(16,17)12-4-1-3-10-9-14-8-5-11(10)12/h1,3-5,8-9,15H,2,6-7H2. The lowest BCUT2D eigenvalue weighted by Gasteiger charge is -2.08. The molecular formula is C12H13BrN2O2S. The molecule has 0 fully saturated rings. The number of rotatable bonds is 5. The quantitative estimate of drug-likeness (QED) is 0.676. The maximum atomic E-state index is 12.2. The second-order valence-corrected chi connectivity index (χ2v) is 6.32. The fourth-order valence-electron chi connectivity index (χ4n) is 1.68. The first-order valence-electron chi connectivity index (χ1n) is 5.53. The SMILES string of the molecule is O=S(=O)(NCCCBr)c1cccc2cnccc12. The summed E-state index contributed by atoms with van der Waals surface area (Å²) in [6.07, 6.45) is 4.01. The number of nitrogens with zero attached hydrogens (tertiary/aromatic N) is 1. The molecule has 1 aromatic carbocycles. The van der Waals surface area contributed by atoms with Crippen molar-refractivity contribution in [2.75, 3.05) is 11.9 Å². The van der Waals surface area contributed by atoms with Crippen LogP contribution < -0.4 is 4.72 Å². The van der Waals surface area contributed by atoms with E-state index in [9.17, 15) is 8.42 Å². The average Bonchev–Trinajstić information content (AvgIpc) is 2.38. The van der Waals surface area contributed by atoms with E-state index < -0.39 is 10.0 Å². The summed E-state index contributed by atoms with van der Waals surface area (Å²) in [4.78, 5) is 4.29. The van der Waals surface area contributed by atoms with E-state index >= 15 is 0 Å². The van der Waals surface area contributed by atoms with Crippen LogP contribution in [0.4, 0.5) is 0 Å². The lowest BCUT2D eigenvalue weighted by atomic mass is 10.2. The number of halogens is 1. The molecule has 0 saturated heterocycles. The zero-order valence-corrected chi connectivity index (χ0v) is 12.0. The summed E-state index contributed by atoms with van der Waals surface area (Å²) in [5.74, 6) is 0. The molecule has 0 saturated carbocycles. The lowest BCUT2D eigenvalue weighted by molar-refractivity contribution is 0.582. The van der Waals surface area contributed by atoms with Crippen LogP contribution in [-0.4, -0.2) is 25.3 Å². The fourth-order valence-corrected chi connectivity index (χ4v) is 3.26. The second-order valence-electron chi connectivity index (χ2n) is 3.79. The largest absolute Gasteiger partial charge is 0.264 e. The molecule has 18 heavy (non-hydrogen) atoms. The number of hydrogen-bond acceptors (Lipinski definition) is 3. The van der Waals surface area contributed by atoms with Crippen molar-refractivity contribution in [3.63, 3.8) is 0 Å². The highest BCUT2D eigenvalue weighted by atomic mass is 79.9. The van der Waals surface area contributed by atoms with E-state index in [-0.39, 0.29) is 0 Å². The highest BCUT2D eigenvalue weighted by molar-refractivity contribution is 9.09. The molecule has 2 rings (SSSR count). The van der Waals surface area contributed by atoms with Crippen LogP contribution in [-0.2, 0) is 10.0 Å². The number of hydrogen-bond donors (Lipinski definition) is 1. The van der Waals surface area contributed by atoms with Gasteiger partial charge in [0.25, 0.3) is 0 Å². The summed E-state index contributed by atoms with van der Waals surface area (Å²) in [5, 5.41) is 2.29. The van der Waals surface area contributed by atoms with E-state index in [4.69, 9.17) is 0 Å². The van der Waals surface area contributed by atoms with Gasteiger partial charge < -0.3 is 0 Å². The van der Waals surface area contributed by atoms with Gasteiger partial charge in [0.2, 0.25) is 10.0 Å². The van der Waals surface area contributed by atoms with Crippen LogP contribution in [0, 0.1) is 0 Å². The van der Waals surface area contributed by atoms with Crippen LogP contribution in [0.15, 0.2) is 41.6 Å². The maximum absolute atomic E-state index is 12.2. The number of sulfonamides is 1. The van der Waals surface area contributed by atoms with Gasteiger partial charge in [0, 0.05) is 35.0 Å². The monoisotopic (exact) mass is 328 g/mol. The van der Waals surface area contributed by atoms with Crippen LogP contribution >= 0.6 is 15.9 Å². The minimum absolute atomic E-state index is 0.303. The highest BCUT2D eigenvalue weighted by Crippen LogP contribution is 2.21. The van der Waals surface area contributed by atoms with Crippen molar-refractivity contribution in [3.05, 3.63) is 36.7 Å². The first kappa shape index (κ1) is 13.5. The first-order valence-corrected chi connectivity index (χ1v) is 8.14. The average molecular weight is 329 g/mol. The molecule has 4 nitrogen and oxygen atoms in total. The van der Waals surface area contributed by atoms with Crippen molar-refractivity contribution in [1.82, 2.24) is 9.71 Å². The van der Waals surface area contributed by atoms with Crippen molar-refractivity contribution >= 4 is 36.7 Å². The molecule has 1 aromatic heterocycles. The zero-order valence-electron chi connectivity index (χ0n) is 9.64. The van der Waals surface area contributed by atoms with E-state index in [0.717, 1.165) is 17.1 Å². The summed E-state index contributed by atoms with van der Waals surface area (Å²) in [6, 6.07) is 6.90. The van der Waals surface area contributed by atoms with Crippen molar-refractivity contribution in [2.45, 2.75) is 11.3 Å². The molecule has 0 aliphatic rings. The second kappa shape index (κ2) is 5.77. The Morgan fingerprint density at radius 3 is 2.89 bits per heavy atom. The topological polar surface area (TPSA) is 59.1 Å². The molecule has 6 heteroatoms. The lowest BCUT2D eigenvalue weighted by Crippen LogP contribution is -2.25. The van der Waals surface area contributed by atoms with Gasteiger partial charge in [-0.25, -0.2) is 13.1 Å². The molecule has 0 spiro atoms. The first-order chi connectivity index (χ1) is 8.65. The minimum Gasteiger partial charge on any atom is -0.264 e. The third-order valence-corrected chi connectivity index (χ3v) is 4.61. The van der Waals surface area contributed by atoms with Gasteiger partial charge in [-0.15, -0.1) is 0 Å². The van der Waals surface area contributed by atoms with Gasteiger partial charge in [0.05, 0.1) is 4.90 Å². The molecule has 2 aromatic rings. The van der Waals surface area contributed by atoms with Gasteiger partial charge in [-0.05, 0) is 18.6 Å². The molecule has 1 heterocycles. The summed E-state index contributed by atoms with van der Waals surface area (Å²) >= 11 is 3.27. The molecule has 0 aliphatic heterocycles. The van der Waals surface area contributed by atoms with E-state index in [1.165, 1.54) is 0 Å². The molecular weight excluding hydrogens is 316 g/mol. The third-order valence-electron chi connectivity index (χ3n) is 2.53. The Labute approximate surface area is 115 Å². The van der Waals surface area contributed by atoms with E-state index in [2.05, 4.69) is 25.6 Å². The third kappa shape index (κ3) is 2.88. The van der Waals surface area contributed by atoms with Gasteiger partial charge in [0.15, 0.2) is 0 Å². The highest BCUT2D eigenvalue weighted by Gasteiger charge is 2.16. The Morgan fingerprint density at radius 2 is 2.11 bits per heavy atom. The molecule has 0 amide bonds. The fraction of sp³-hybridized carbons (Fsp3) is 0.250. The van der Waals surface area contributed by atoms with Crippen LogP contribution in [0.25, 0.3) is 10.8 Å². The summed E-state index contributed by atoms with van der Waals surface area (Å²) in [7, 11) is -3.46. The van der Waals surface area contributed by atoms with E-state index in [0.29, 0.717) is 16.8 Å². The Balaban J connectivity index is 2.41. The predicted molar refractivity (Wildman–Crippen MR) is 75.3 cm³/mol. The molecule has 0 bridgehead atoms. The number of benzene rings is 1. The van der Waals surface area contributed by atoms with Crippen molar-refractivity contribution in [3.8, 4) is 0 Å². The zero-order chi connectivity index (χ0) is 13.0. The molecule has 0 aliphatic carbocycles. The molecule has 1 N–H and O–H groups in total. The van der Waals surface area contributed by atoms with Crippen LogP contribution in [0.3, 0.4) is 0 Å². The molecule has 0 radical (unpaired) electrons. The van der Waals surface area contributed by atoms with E-state index in [1.807, 2.05) is 6.07 Å². The van der Waals surface area contributed by atoms with Gasteiger partial charge in [-0.2, -0.15) is 0 Å². The van der Waals surface area contributed by atoms with Gasteiger partial charge in [0.1, 0.15) is 0 Å². The number of pyridine rings is 1. The van der Waals surface area contributed by atoms with Gasteiger partial charge in [-0.3, -0.25) is 4.98 Å².